The first-order chi connectivity index (χ1) is 7.97. The molecular weight excluding hydrogens is 240 g/mol. The summed E-state index contributed by atoms with van der Waals surface area (Å²) in [6, 6.07) is 4.78. The summed E-state index contributed by atoms with van der Waals surface area (Å²) in [5.41, 5.74) is 7.37. The van der Waals surface area contributed by atoms with Crippen LogP contribution in [-0.4, -0.2) is 32.7 Å². The number of carbonyl (C=O) groups excluding carboxylic acids is 1. The van der Waals surface area contributed by atoms with Crippen molar-refractivity contribution in [2.24, 2.45) is 5.73 Å². The van der Waals surface area contributed by atoms with Crippen molar-refractivity contribution in [2.45, 2.75) is 13.0 Å². The zero-order valence-electron chi connectivity index (χ0n) is 10.2. The first-order valence-electron chi connectivity index (χ1n) is 5.25. The van der Waals surface area contributed by atoms with Crippen molar-refractivity contribution in [3.05, 3.63) is 28.8 Å². The van der Waals surface area contributed by atoms with E-state index in [-0.39, 0.29) is 12.5 Å². The highest BCUT2D eigenvalue weighted by molar-refractivity contribution is 6.31. The summed E-state index contributed by atoms with van der Waals surface area (Å²) < 4.78 is 4.86. The first-order valence-corrected chi connectivity index (χ1v) is 5.63. The summed E-state index contributed by atoms with van der Waals surface area (Å²) in [4.78, 5) is 13.4. The molecule has 0 fully saturated rings. The Kier molecular flexibility index (Phi) is 4.93. The molecule has 0 spiro atoms. The van der Waals surface area contributed by atoms with Crippen LogP contribution in [0.3, 0.4) is 0 Å². The van der Waals surface area contributed by atoms with Gasteiger partial charge in [0.2, 0.25) is 5.91 Å². The van der Waals surface area contributed by atoms with E-state index in [1.165, 1.54) is 12.0 Å². The number of methoxy groups -OCH3 is 1. The summed E-state index contributed by atoms with van der Waals surface area (Å²) in [5, 5.41) is 0.627. The zero-order valence-corrected chi connectivity index (χ0v) is 11.0. The number of ether oxygens (including phenoxy) is 1. The number of rotatable bonds is 4. The second-order valence-electron chi connectivity index (χ2n) is 3.89. The smallest absolute Gasteiger partial charge is 0.246 e. The number of aryl methyl sites for hydroxylation is 1. The van der Waals surface area contributed by atoms with E-state index in [0.717, 1.165) is 11.3 Å². The molecule has 0 radical (unpaired) electrons. The van der Waals surface area contributed by atoms with Crippen molar-refractivity contribution in [3.63, 3.8) is 0 Å². The number of nitrogens with two attached hydrogens (primary N) is 1. The second-order valence-corrected chi connectivity index (χ2v) is 4.30. The molecule has 0 saturated carbocycles. The number of halogens is 1. The van der Waals surface area contributed by atoms with Crippen LogP contribution in [-0.2, 0) is 9.53 Å². The molecule has 17 heavy (non-hydrogen) atoms. The zero-order chi connectivity index (χ0) is 13.0. The lowest BCUT2D eigenvalue weighted by Crippen LogP contribution is -2.44. The van der Waals surface area contributed by atoms with Gasteiger partial charge in [0.25, 0.3) is 0 Å². The molecule has 4 nitrogen and oxygen atoms in total. The summed E-state index contributed by atoms with van der Waals surface area (Å²) in [6.07, 6.45) is 0. The number of amides is 1. The van der Waals surface area contributed by atoms with Crippen molar-refractivity contribution in [1.29, 1.82) is 0 Å². The van der Waals surface area contributed by atoms with E-state index in [1.807, 2.05) is 19.1 Å². The maximum absolute atomic E-state index is 11.9. The molecule has 0 saturated heterocycles. The Morgan fingerprint density at radius 1 is 1.59 bits per heavy atom. The molecule has 0 aliphatic rings. The van der Waals surface area contributed by atoms with Crippen LogP contribution in [0.1, 0.15) is 5.56 Å². The highest BCUT2D eigenvalue weighted by Crippen LogP contribution is 2.22. The minimum Gasteiger partial charge on any atom is -0.383 e. The Labute approximate surface area is 106 Å². The van der Waals surface area contributed by atoms with Gasteiger partial charge >= 0.3 is 0 Å². The molecule has 1 rings (SSSR count). The van der Waals surface area contributed by atoms with E-state index in [2.05, 4.69) is 0 Å². The fourth-order valence-electron chi connectivity index (χ4n) is 1.42. The molecule has 1 aromatic carbocycles. The van der Waals surface area contributed by atoms with E-state index in [1.54, 1.807) is 13.1 Å². The predicted octanol–water partition coefficient (Wildman–Crippen LogP) is 1.58. The highest BCUT2D eigenvalue weighted by Gasteiger charge is 2.19. The van der Waals surface area contributed by atoms with Gasteiger partial charge in [-0.25, -0.2) is 0 Å². The Hall–Kier alpha value is -1.10. The largest absolute Gasteiger partial charge is 0.383 e. The Balaban J connectivity index is 2.85. The molecule has 5 heteroatoms. The summed E-state index contributed by atoms with van der Waals surface area (Å²) in [7, 11) is 3.18. The van der Waals surface area contributed by atoms with Gasteiger partial charge in [-0.15, -0.1) is 0 Å². The minimum atomic E-state index is -0.662. The van der Waals surface area contributed by atoms with Crippen LogP contribution >= 0.6 is 11.6 Å². The van der Waals surface area contributed by atoms with Gasteiger partial charge in [-0.3, -0.25) is 4.79 Å². The average molecular weight is 257 g/mol. The van der Waals surface area contributed by atoms with Crippen molar-refractivity contribution in [2.75, 3.05) is 25.7 Å². The van der Waals surface area contributed by atoms with E-state index in [9.17, 15) is 4.79 Å². The summed E-state index contributed by atoms with van der Waals surface area (Å²) in [5.74, 6) is -0.202. The van der Waals surface area contributed by atoms with Crippen LogP contribution in [0.25, 0.3) is 0 Å². The summed E-state index contributed by atoms with van der Waals surface area (Å²) in [6.45, 7) is 2.10. The molecule has 0 heterocycles. The minimum absolute atomic E-state index is 0.197. The first kappa shape index (κ1) is 14.0. The van der Waals surface area contributed by atoms with Crippen molar-refractivity contribution in [1.82, 2.24) is 0 Å². The van der Waals surface area contributed by atoms with Gasteiger partial charge in [0.1, 0.15) is 6.04 Å². The second kappa shape index (κ2) is 6.00. The van der Waals surface area contributed by atoms with Gasteiger partial charge in [-0.2, -0.15) is 0 Å². The van der Waals surface area contributed by atoms with Gasteiger partial charge in [0, 0.05) is 24.9 Å². The van der Waals surface area contributed by atoms with E-state index >= 15 is 0 Å². The van der Waals surface area contributed by atoms with Crippen LogP contribution in [0.2, 0.25) is 5.02 Å². The van der Waals surface area contributed by atoms with Crippen LogP contribution < -0.4 is 10.6 Å². The van der Waals surface area contributed by atoms with Gasteiger partial charge in [-0.1, -0.05) is 17.7 Å². The average Bonchev–Trinajstić information content (AvgIpc) is 2.31. The van der Waals surface area contributed by atoms with Crippen LogP contribution in [0, 0.1) is 6.92 Å². The lowest BCUT2D eigenvalue weighted by Gasteiger charge is -2.21. The van der Waals surface area contributed by atoms with Gasteiger partial charge in [0.05, 0.1) is 6.61 Å². The fraction of sp³-hybridized carbons (Fsp3) is 0.417. The van der Waals surface area contributed by atoms with Crippen molar-refractivity contribution in [3.8, 4) is 0 Å². The third kappa shape index (κ3) is 3.43. The van der Waals surface area contributed by atoms with E-state index in [0.29, 0.717) is 5.02 Å². The molecule has 1 atom stereocenters. The fourth-order valence-corrected chi connectivity index (χ4v) is 1.59. The molecule has 0 aliphatic carbocycles. The predicted molar refractivity (Wildman–Crippen MR) is 69.5 cm³/mol. The van der Waals surface area contributed by atoms with Crippen LogP contribution in [0.4, 0.5) is 5.69 Å². The Morgan fingerprint density at radius 2 is 2.24 bits per heavy atom. The number of hydrogen-bond acceptors (Lipinski definition) is 3. The molecule has 94 valence electrons. The highest BCUT2D eigenvalue weighted by atomic mass is 35.5. The van der Waals surface area contributed by atoms with Crippen LogP contribution in [0.15, 0.2) is 18.2 Å². The number of nitrogens with zero attached hydrogens (tertiary/aromatic N) is 1. The molecule has 1 amide bonds. The third-order valence-electron chi connectivity index (χ3n) is 2.54. The van der Waals surface area contributed by atoms with E-state index < -0.39 is 6.04 Å². The normalized spacial score (nSPS) is 12.3. The standard InChI is InChI=1S/C12H17ClN2O2/c1-8-4-5-9(6-10(8)13)15(2)12(16)11(14)7-17-3/h4-6,11H,7,14H2,1-3H3. The maximum atomic E-state index is 11.9. The molecule has 0 bridgehead atoms. The molecule has 0 aliphatic heterocycles. The van der Waals surface area contributed by atoms with Gasteiger partial charge < -0.3 is 15.4 Å². The Morgan fingerprint density at radius 3 is 2.76 bits per heavy atom. The SMILES string of the molecule is COCC(N)C(=O)N(C)c1ccc(C)c(Cl)c1. The molecule has 0 aromatic heterocycles. The quantitative estimate of drug-likeness (QED) is 0.890. The lowest BCUT2D eigenvalue weighted by atomic mass is 10.2. The number of benzene rings is 1. The van der Waals surface area contributed by atoms with Crippen molar-refractivity contribution >= 4 is 23.2 Å². The van der Waals surface area contributed by atoms with E-state index in [4.69, 9.17) is 22.1 Å². The summed E-state index contributed by atoms with van der Waals surface area (Å²) >= 11 is 6.01. The molecule has 2 N–H and O–H groups in total. The number of likely N-dealkylation sites (N-methyl/N-ethyl adjacent to an activating group) is 1. The number of hydrogen-bond donors (Lipinski definition) is 1. The molecule has 1 unspecified atom stereocenters. The van der Waals surface area contributed by atoms with Crippen LogP contribution in [0.5, 0.6) is 0 Å². The number of anilines is 1. The number of carbonyl (C=O) groups is 1. The lowest BCUT2D eigenvalue weighted by molar-refractivity contribution is -0.120. The monoisotopic (exact) mass is 256 g/mol. The van der Waals surface area contributed by atoms with Gasteiger partial charge in [-0.05, 0) is 24.6 Å². The molecular formula is C12H17ClN2O2. The Bertz CT molecular complexity index is 409. The third-order valence-corrected chi connectivity index (χ3v) is 2.94. The topological polar surface area (TPSA) is 55.6 Å². The molecule has 1 aromatic rings. The maximum Gasteiger partial charge on any atom is 0.246 e. The van der Waals surface area contributed by atoms with Gasteiger partial charge in [0.15, 0.2) is 0 Å². The van der Waals surface area contributed by atoms with Crippen molar-refractivity contribution < 1.29 is 9.53 Å².